The number of morpholine rings is 1. The minimum atomic E-state index is -0.103. The topological polar surface area (TPSA) is 70.2 Å². The van der Waals surface area contributed by atoms with Crippen LogP contribution in [0.3, 0.4) is 0 Å². The van der Waals surface area contributed by atoms with Crippen LogP contribution in [0.5, 0.6) is 0 Å². The Morgan fingerprint density at radius 2 is 2.47 bits per heavy atom. The molecule has 1 aliphatic rings. The summed E-state index contributed by atoms with van der Waals surface area (Å²) in [7, 11) is 0. The average Bonchev–Trinajstić information content (AvgIpc) is 2.38. The van der Waals surface area contributed by atoms with Crippen LogP contribution in [0.2, 0.25) is 0 Å². The number of H-pyrrole nitrogens is 1. The van der Waals surface area contributed by atoms with Gasteiger partial charge in [0.15, 0.2) is 0 Å². The molecule has 6 nitrogen and oxygen atoms in total. The molecule has 0 saturated carbocycles. The van der Waals surface area contributed by atoms with E-state index < -0.39 is 0 Å². The smallest absolute Gasteiger partial charge is 0.252 e. The first-order chi connectivity index (χ1) is 9.20. The largest absolute Gasteiger partial charge is 0.377 e. The molecule has 1 atom stereocenters. The molecule has 0 aromatic carbocycles. The standard InChI is InChI=1S/C13H22N4O2/c1-3-4-14-8-11-9-19-6-5-17(11)12-7-13(18)16-10(2)15-12/h7,11,14H,3-6,8-9H2,1-2H3,(H,15,16,18). The quantitative estimate of drug-likeness (QED) is 0.749. The average molecular weight is 266 g/mol. The molecule has 1 aromatic rings. The van der Waals surface area contributed by atoms with Crippen LogP contribution in [-0.4, -0.2) is 48.9 Å². The molecular weight excluding hydrogens is 244 g/mol. The van der Waals surface area contributed by atoms with Gasteiger partial charge in [0.25, 0.3) is 5.56 Å². The molecular formula is C13H22N4O2. The van der Waals surface area contributed by atoms with Gasteiger partial charge >= 0.3 is 0 Å². The van der Waals surface area contributed by atoms with Gasteiger partial charge in [-0.05, 0) is 19.9 Å². The lowest BCUT2D eigenvalue weighted by Crippen LogP contribution is -2.51. The molecule has 1 unspecified atom stereocenters. The number of aryl methyl sites for hydroxylation is 1. The number of hydrogen-bond donors (Lipinski definition) is 2. The molecule has 1 aliphatic heterocycles. The van der Waals surface area contributed by atoms with Gasteiger partial charge < -0.3 is 19.9 Å². The number of anilines is 1. The van der Waals surface area contributed by atoms with Crippen molar-refractivity contribution < 1.29 is 4.74 Å². The van der Waals surface area contributed by atoms with Crippen molar-refractivity contribution >= 4 is 5.82 Å². The summed E-state index contributed by atoms with van der Waals surface area (Å²) in [6.45, 7) is 7.91. The highest BCUT2D eigenvalue weighted by Crippen LogP contribution is 2.15. The molecule has 1 fully saturated rings. The van der Waals surface area contributed by atoms with E-state index in [1.807, 2.05) is 0 Å². The Balaban J connectivity index is 2.11. The number of aromatic amines is 1. The molecule has 2 rings (SSSR count). The van der Waals surface area contributed by atoms with Crippen molar-refractivity contribution in [3.63, 3.8) is 0 Å². The third kappa shape index (κ3) is 3.78. The molecule has 19 heavy (non-hydrogen) atoms. The fourth-order valence-electron chi connectivity index (χ4n) is 2.28. The summed E-state index contributed by atoms with van der Waals surface area (Å²) in [6, 6.07) is 1.79. The second-order valence-corrected chi connectivity index (χ2v) is 4.82. The zero-order valence-electron chi connectivity index (χ0n) is 11.6. The molecule has 0 radical (unpaired) electrons. The van der Waals surface area contributed by atoms with Gasteiger partial charge in [0, 0.05) is 19.2 Å². The first kappa shape index (κ1) is 14.0. The van der Waals surface area contributed by atoms with Crippen LogP contribution in [0.1, 0.15) is 19.2 Å². The normalized spacial score (nSPS) is 19.7. The van der Waals surface area contributed by atoms with Gasteiger partial charge in [-0.2, -0.15) is 0 Å². The van der Waals surface area contributed by atoms with Gasteiger partial charge in [0.05, 0.1) is 19.3 Å². The molecule has 0 aliphatic carbocycles. The summed E-state index contributed by atoms with van der Waals surface area (Å²) in [6.07, 6.45) is 1.11. The third-order valence-corrected chi connectivity index (χ3v) is 3.18. The van der Waals surface area contributed by atoms with Gasteiger partial charge in [0.2, 0.25) is 0 Å². The van der Waals surface area contributed by atoms with Crippen molar-refractivity contribution in [2.45, 2.75) is 26.3 Å². The highest BCUT2D eigenvalue weighted by atomic mass is 16.5. The Hall–Kier alpha value is -1.40. The maximum absolute atomic E-state index is 11.6. The van der Waals surface area contributed by atoms with Crippen LogP contribution in [0, 0.1) is 6.92 Å². The number of nitrogens with zero attached hydrogens (tertiary/aromatic N) is 2. The highest BCUT2D eigenvalue weighted by Gasteiger charge is 2.24. The lowest BCUT2D eigenvalue weighted by molar-refractivity contribution is 0.0933. The van der Waals surface area contributed by atoms with Crippen molar-refractivity contribution in [1.29, 1.82) is 0 Å². The fraction of sp³-hybridized carbons (Fsp3) is 0.692. The first-order valence-electron chi connectivity index (χ1n) is 6.83. The van der Waals surface area contributed by atoms with Crippen molar-refractivity contribution in [1.82, 2.24) is 15.3 Å². The van der Waals surface area contributed by atoms with E-state index in [-0.39, 0.29) is 11.6 Å². The molecule has 1 saturated heterocycles. The number of nitrogens with one attached hydrogen (secondary N) is 2. The summed E-state index contributed by atoms with van der Waals surface area (Å²) >= 11 is 0. The first-order valence-corrected chi connectivity index (χ1v) is 6.83. The maximum atomic E-state index is 11.6. The van der Waals surface area contributed by atoms with Crippen LogP contribution in [0.25, 0.3) is 0 Å². The van der Waals surface area contributed by atoms with E-state index in [4.69, 9.17) is 4.74 Å². The number of ether oxygens (including phenoxy) is 1. The predicted molar refractivity (Wildman–Crippen MR) is 74.7 cm³/mol. The zero-order chi connectivity index (χ0) is 13.7. The summed E-state index contributed by atoms with van der Waals surface area (Å²) in [5.41, 5.74) is -0.103. The van der Waals surface area contributed by atoms with Crippen LogP contribution in [0.4, 0.5) is 5.82 Å². The molecule has 6 heteroatoms. The Bertz CT molecular complexity index is 460. The number of hydrogen-bond acceptors (Lipinski definition) is 5. The Morgan fingerprint density at radius 3 is 3.21 bits per heavy atom. The van der Waals surface area contributed by atoms with Crippen LogP contribution in [-0.2, 0) is 4.74 Å². The second-order valence-electron chi connectivity index (χ2n) is 4.82. The number of rotatable bonds is 5. The summed E-state index contributed by atoms with van der Waals surface area (Å²) in [5, 5.41) is 3.40. The van der Waals surface area contributed by atoms with Gasteiger partial charge in [-0.3, -0.25) is 4.79 Å². The molecule has 106 valence electrons. The lowest BCUT2D eigenvalue weighted by Gasteiger charge is -2.36. The Kier molecular flexibility index (Phi) is 4.93. The number of aromatic nitrogens is 2. The summed E-state index contributed by atoms with van der Waals surface area (Å²) in [4.78, 5) is 20.8. The monoisotopic (exact) mass is 266 g/mol. The maximum Gasteiger partial charge on any atom is 0.252 e. The van der Waals surface area contributed by atoms with Gasteiger partial charge in [-0.25, -0.2) is 4.98 Å². The highest BCUT2D eigenvalue weighted by molar-refractivity contribution is 5.39. The molecule has 1 aromatic heterocycles. The minimum absolute atomic E-state index is 0.103. The molecule has 0 amide bonds. The van der Waals surface area contributed by atoms with Gasteiger partial charge in [-0.1, -0.05) is 6.92 Å². The lowest BCUT2D eigenvalue weighted by atomic mass is 10.2. The predicted octanol–water partition coefficient (Wildman–Crippen LogP) is 0.283. The fourth-order valence-corrected chi connectivity index (χ4v) is 2.28. The van der Waals surface area contributed by atoms with Crippen LogP contribution >= 0.6 is 0 Å². The molecule has 2 heterocycles. The molecule has 2 N–H and O–H groups in total. The van der Waals surface area contributed by atoms with E-state index in [9.17, 15) is 4.79 Å². The van der Waals surface area contributed by atoms with E-state index >= 15 is 0 Å². The Morgan fingerprint density at radius 1 is 1.63 bits per heavy atom. The molecule has 0 spiro atoms. The van der Waals surface area contributed by atoms with E-state index in [1.165, 1.54) is 0 Å². The van der Waals surface area contributed by atoms with Crippen molar-refractivity contribution in [3.8, 4) is 0 Å². The van der Waals surface area contributed by atoms with Crippen LogP contribution in [0.15, 0.2) is 10.9 Å². The van der Waals surface area contributed by atoms with E-state index in [0.717, 1.165) is 31.9 Å². The van der Waals surface area contributed by atoms with Crippen molar-refractivity contribution in [2.75, 3.05) is 37.7 Å². The van der Waals surface area contributed by atoms with Gasteiger partial charge in [0.1, 0.15) is 11.6 Å². The molecule has 0 bridgehead atoms. The zero-order valence-corrected chi connectivity index (χ0v) is 11.6. The van der Waals surface area contributed by atoms with E-state index in [2.05, 4.69) is 27.1 Å². The third-order valence-electron chi connectivity index (χ3n) is 3.18. The summed E-state index contributed by atoms with van der Waals surface area (Å²) < 4.78 is 5.53. The van der Waals surface area contributed by atoms with Crippen LogP contribution < -0.4 is 15.8 Å². The second kappa shape index (κ2) is 6.68. The van der Waals surface area contributed by atoms with Crippen molar-refractivity contribution in [2.24, 2.45) is 0 Å². The van der Waals surface area contributed by atoms with E-state index in [0.29, 0.717) is 19.0 Å². The van der Waals surface area contributed by atoms with E-state index in [1.54, 1.807) is 13.0 Å². The van der Waals surface area contributed by atoms with Crippen molar-refractivity contribution in [3.05, 3.63) is 22.2 Å². The van der Waals surface area contributed by atoms with Gasteiger partial charge in [-0.15, -0.1) is 0 Å². The SMILES string of the molecule is CCCNCC1COCCN1c1cc(=O)[nH]c(C)n1. The Labute approximate surface area is 113 Å². The minimum Gasteiger partial charge on any atom is -0.377 e. The summed E-state index contributed by atoms with van der Waals surface area (Å²) in [5.74, 6) is 1.39.